The molecule has 1 atom stereocenters. The molecule has 3 heterocycles. The minimum atomic E-state index is -0.855. The minimum Gasteiger partial charge on any atom is -0.493 e. The third-order valence-corrected chi connectivity index (χ3v) is 8.72. The number of carbonyl (C=O) groups excluding carboxylic acids is 1. The van der Waals surface area contributed by atoms with Crippen LogP contribution in [0.4, 0.5) is 11.4 Å². The Bertz CT molecular complexity index is 1840. The molecule has 1 aromatic heterocycles. The average Bonchev–Trinajstić information content (AvgIpc) is 3.30. The number of hydrogen-bond acceptors (Lipinski definition) is 11. The predicted molar refractivity (Wildman–Crippen MR) is 172 cm³/mol. The largest absolute Gasteiger partial charge is 0.493 e. The van der Waals surface area contributed by atoms with Crippen LogP contribution in [0.15, 0.2) is 57.5 Å². The van der Waals surface area contributed by atoms with Gasteiger partial charge >= 0.3 is 5.97 Å². The van der Waals surface area contributed by atoms with E-state index in [0.29, 0.717) is 37.7 Å². The van der Waals surface area contributed by atoms with Crippen molar-refractivity contribution in [2.24, 2.45) is 4.99 Å². The molecule has 5 rings (SSSR count). The highest BCUT2D eigenvalue weighted by Crippen LogP contribution is 2.36. The molecule has 2 aliphatic rings. The summed E-state index contributed by atoms with van der Waals surface area (Å²) in [5.41, 5.74) is 2.21. The number of non-ortho nitro benzene ring substituents is 1. The van der Waals surface area contributed by atoms with Crippen molar-refractivity contribution in [3.8, 4) is 11.5 Å². The molecule has 1 fully saturated rings. The van der Waals surface area contributed by atoms with Gasteiger partial charge in [0.05, 0.1) is 46.6 Å². The normalized spacial score (nSPS) is 17.3. The Morgan fingerprint density at radius 2 is 1.89 bits per heavy atom. The zero-order chi connectivity index (χ0) is 32.4. The number of nitrogens with zero attached hydrogens (tertiary/aromatic N) is 5. The number of ether oxygens (including phenoxy) is 3. The molecule has 1 saturated heterocycles. The van der Waals surface area contributed by atoms with E-state index in [1.165, 1.54) is 35.1 Å². The number of fused-ring (bicyclic) bond motifs is 1. The van der Waals surface area contributed by atoms with E-state index in [1.807, 2.05) is 13.8 Å². The topological polar surface area (TPSA) is 129 Å². The van der Waals surface area contributed by atoms with Crippen molar-refractivity contribution in [3.05, 3.63) is 88.6 Å². The first-order valence-electron chi connectivity index (χ1n) is 14.8. The molecule has 45 heavy (non-hydrogen) atoms. The molecule has 0 radical (unpaired) electrons. The summed E-state index contributed by atoms with van der Waals surface area (Å²) in [5.74, 6) is 0.411. The van der Waals surface area contributed by atoms with Crippen molar-refractivity contribution in [2.75, 3.05) is 51.8 Å². The maximum Gasteiger partial charge on any atom is 0.338 e. The van der Waals surface area contributed by atoms with Crippen LogP contribution in [0.5, 0.6) is 11.5 Å². The molecule has 0 spiro atoms. The van der Waals surface area contributed by atoms with Crippen molar-refractivity contribution in [1.29, 1.82) is 0 Å². The number of allylic oxidation sites excluding steroid dienone is 1. The number of nitro groups is 1. The number of piperazine rings is 1. The van der Waals surface area contributed by atoms with Crippen LogP contribution in [-0.2, 0) is 9.53 Å². The number of likely N-dealkylation sites (N-methyl/N-ethyl adjacent to an activating group) is 1. The fourth-order valence-electron chi connectivity index (χ4n) is 5.56. The number of carbonyl (C=O) groups is 1. The number of esters is 1. The Hall–Kier alpha value is -4.49. The Balaban J connectivity index is 1.70. The van der Waals surface area contributed by atoms with Crippen molar-refractivity contribution < 1.29 is 23.9 Å². The number of aromatic nitrogens is 1. The van der Waals surface area contributed by atoms with Crippen LogP contribution in [0, 0.1) is 10.1 Å². The van der Waals surface area contributed by atoms with E-state index in [0.717, 1.165) is 31.9 Å². The molecule has 0 N–H and O–H groups in total. The molecule has 2 aliphatic heterocycles. The molecule has 13 heteroatoms. The molecule has 2 aromatic carbocycles. The number of anilines is 1. The van der Waals surface area contributed by atoms with Crippen LogP contribution in [0.2, 0.25) is 0 Å². The summed E-state index contributed by atoms with van der Waals surface area (Å²) < 4.78 is 18.8. The maximum atomic E-state index is 14.2. The second-order valence-electron chi connectivity index (χ2n) is 11.2. The Morgan fingerprint density at radius 3 is 2.53 bits per heavy atom. The summed E-state index contributed by atoms with van der Waals surface area (Å²) in [7, 11) is 3.58. The second kappa shape index (κ2) is 13.2. The van der Waals surface area contributed by atoms with Gasteiger partial charge in [0.15, 0.2) is 16.3 Å². The lowest BCUT2D eigenvalue weighted by Gasteiger charge is -2.34. The number of nitro benzene ring substituents is 1. The highest BCUT2D eigenvalue weighted by atomic mass is 32.1. The van der Waals surface area contributed by atoms with Gasteiger partial charge in [0.25, 0.3) is 11.2 Å². The smallest absolute Gasteiger partial charge is 0.338 e. The zero-order valence-corrected chi connectivity index (χ0v) is 27.1. The fourth-order valence-corrected chi connectivity index (χ4v) is 6.60. The summed E-state index contributed by atoms with van der Waals surface area (Å²) in [4.78, 5) is 48.3. The van der Waals surface area contributed by atoms with Gasteiger partial charge in [-0.3, -0.25) is 19.5 Å². The summed E-state index contributed by atoms with van der Waals surface area (Å²) in [5, 5.41) is 11.7. The molecule has 0 bridgehead atoms. The van der Waals surface area contributed by atoms with Gasteiger partial charge in [0, 0.05) is 49.6 Å². The summed E-state index contributed by atoms with van der Waals surface area (Å²) >= 11 is 1.17. The van der Waals surface area contributed by atoms with E-state index in [4.69, 9.17) is 14.2 Å². The van der Waals surface area contributed by atoms with Crippen molar-refractivity contribution in [3.63, 3.8) is 0 Å². The van der Waals surface area contributed by atoms with Crippen molar-refractivity contribution in [2.45, 2.75) is 39.8 Å². The van der Waals surface area contributed by atoms with Gasteiger partial charge in [-0.05, 0) is 64.6 Å². The monoisotopic (exact) mass is 635 g/mol. The summed E-state index contributed by atoms with van der Waals surface area (Å²) in [6.45, 7) is 10.6. The number of rotatable bonds is 9. The quantitative estimate of drug-likeness (QED) is 0.198. The van der Waals surface area contributed by atoms with Crippen molar-refractivity contribution >= 4 is 34.8 Å². The van der Waals surface area contributed by atoms with Crippen LogP contribution >= 0.6 is 11.3 Å². The molecule has 238 valence electrons. The lowest BCUT2D eigenvalue weighted by Crippen LogP contribution is -2.44. The van der Waals surface area contributed by atoms with Gasteiger partial charge < -0.3 is 24.0 Å². The number of hydrogen-bond donors (Lipinski definition) is 0. The van der Waals surface area contributed by atoms with Gasteiger partial charge in [-0.2, -0.15) is 0 Å². The number of thiazole rings is 1. The predicted octanol–water partition coefficient (Wildman–Crippen LogP) is 3.25. The van der Waals surface area contributed by atoms with Crippen LogP contribution in [0.1, 0.15) is 44.9 Å². The Labute approximate surface area is 264 Å². The van der Waals surface area contributed by atoms with Gasteiger partial charge in [-0.1, -0.05) is 17.4 Å². The van der Waals surface area contributed by atoms with Gasteiger partial charge in [-0.25, -0.2) is 9.79 Å². The SMILES string of the molecule is CCOC(=O)C1=C(C)N=c2s/c(=C\c3cc([N+](=O)[O-])ccc3N3CCN(C)CC3)c(=O)n2[C@@H]1c1ccc(OC(C)C)c(OC)c1. The molecular formula is C32H37N5O7S. The van der Waals surface area contributed by atoms with Crippen LogP contribution in [0.3, 0.4) is 0 Å². The van der Waals surface area contributed by atoms with E-state index < -0.39 is 16.9 Å². The molecule has 3 aromatic rings. The molecule has 0 amide bonds. The Morgan fingerprint density at radius 1 is 1.16 bits per heavy atom. The first kappa shape index (κ1) is 31.9. The van der Waals surface area contributed by atoms with Crippen LogP contribution in [0.25, 0.3) is 6.08 Å². The van der Waals surface area contributed by atoms with E-state index in [1.54, 1.807) is 44.2 Å². The minimum absolute atomic E-state index is 0.0685. The number of methoxy groups -OCH3 is 1. The van der Waals surface area contributed by atoms with Gasteiger partial charge in [0.2, 0.25) is 0 Å². The zero-order valence-electron chi connectivity index (χ0n) is 26.2. The van der Waals surface area contributed by atoms with Crippen LogP contribution < -0.4 is 29.3 Å². The van der Waals surface area contributed by atoms with Gasteiger partial charge in [0.1, 0.15) is 0 Å². The summed E-state index contributed by atoms with van der Waals surface area (Å²) in [6.07, 6.45) is 1.59. The second-order valence-corrected chi connectivity index (χ2v) is 12.2. The third kappa shape index (κ3) is 6.50. The summed E-state index contributed by atoms with van der Waals surface area (Å²) in [6, 6.07) is 9.18. The third-order valence-electron chi connectivity index (χ3n) is 7.74. The highest BCUT2D eigenvalue weighted by Gasteiger charge is 2.34. The van der Waals surface area contributed by atoms with Crippen molar-refractivity contribution in [1.82, 2.24) is 9.47 Å². The first-order valence-corrected chi connectivity index (χ1v) is 15.6. The highest BCUT2D eigenvalue weighted by molar-refractivity contribution is 7.07. The Kier molecular flexibility index (Phi) is 9.40. The first-order chi connectivity index (χ1) is 21.5. The van der Waals surface area contributed by atoms with E-state index in [-0.39, 0.29) is 29.5 Å². The maximum absolute atomic E-state index is 14.2. The number of benzene rings is 2. The fraction of sp³-hybridized carbons (Fsp3) is 0.406. The molecule has 0 aliphatic carbocycles. The average molecular weight is 636 g/mol. The molecule has 12 nitrogen and oxygen atoms in total. The molecule has 0 saturated carbocycles. The lowest BCUT2D eigenvalue weighted by atomic mass is 9.95. The lowest BCUT2D eigenvalue weighted by molar-refractivity contribution is -0.384. The molecule has 0 unspecified atom stereocenters. The van der Waals surface area contributed by atoms with E-state index >= 15 is 0 Å². The van der Waals surface area contributed by atoms with E-state index in [9.17, 15) is 19.7 Å². The molecular weight excluding hydrogens is 598 g/mol. The standard InChI is InChI=1S/C32H37N5O7S/c1-7-43-31(39)28-20(4)33-32-36(29(28)21-8-11-25(44-19(2)3)26(17-21)42-6)30(38)27(45-32)18-22-16-23(37(40)41)9-10-24(22)35-14-12-34(5)13-15-35/h8-11,16-19,29H,7,12-15H2,1-6H3/b27-18-/t29-/m1/s1. The van der Waals surface area contributed by atoms with Crippen LogP contribution in [-0.4, -0.2) is 73.4 Å². The van der Waals surface area contributed by atoms with Gasteiger partial charge in [-0.15, -0.1) is 0 Å². The van der Waals surface area contributed by atoms with E-state index in [2.05, 4.69) is 21.8 Å².